The molecule has 5 aromatic rings. The number of nitrogen functional groups attached to an aromatic ring is 1. The highest BCUT2D eigenvalue weighted by molar-refractivity contribution is 5.91. The number of aliphatic hydroxyl groups excluding tert-OH is 1. The van der Waals surface area contributed by atoms with Crippen LogP contribution >= 0.6 is 0 Å². The third-order valence-electron chi connectivity index (χ3n) is 7.11. The van der Waals surface area contributed by atoms with E-state index in [2.05, 4.69) is 15.0 Å². The number of rotatable bonds is 8. The number of nitrogens with zero attached hydrogens (tertiary/aromatic N) is 7. The van der Waals surface area contributed by atoms with Crippen LogP contribution in [0.15, 0.2) is 51.9 Å². The molecule has 1 fully saturated rings. The lowest BCUT2D eigenvalue weighted by molar-refractivity contribution is 0.201. The van der Waals surface area contributed by atoms with Crippen LogP contribution < -0.4 is 21.1 Å². The van der Waals surface area contributed by atoms with Crippen molar-refractivity contribution in [1.29, 1.82) is 0 Å². The number of aryl methyl sites for hydroxylation is 1. The predicted molar refractivity (Wildman–Crippen MR) is 143 cm³/mol. The Balaban J connectivity index is 1.19. The van der Waals surface area contributed by atoms with E-state index in [1.165, 1.54) is 10.6 Å². The minimum atomic E-state index is -0.313. The Hall–Kier alpha value is -4.36. The van der Waals surface area contributed by atoms with Crippen LogP contribution in [0.3, 0.4) is 0 Å². The zero-order chi connectivity index (χ0) is 27.1. The lowest BCUT2D eigenvalue weighted by Crippen LogP contribution is -2.47. The molecule has 13 heteroatoms. The molecular weight excluding hydrogens is 507 g/mol. The van der Waals surface area contributed by atoms with E-state index >= 15 is 0 Å². The van der Waals surface area contributed by atoms with Crippen LogP contribution in [0.1, 0.15) is 0 Å². The smallest absolute Gasteiger partial charge is 0.330 e. The molecular formula is C26H29FN8O4. The Kier molecular flexibility index (Phi) is 6.45. The Bertz CT molecular complexity index is 1680. The average molecular weight is 537 g/mol. The Labute approximate surface area is 222 Å². The summed E-state index contributed by atoms with van der Waals surface area (Å²) in [6.45, 7) is 3.77. The highest BCUT2D eigenvalue weighted by Crippen LogP contribution is 2.27. The zero-order valence-electron chi connectivity index (χ0n) is 21.5. The van der Waals surface area contributed by atoms with Crippen LogP contribution in [0.25, 0.3) is 28.1 Å². The zero-order valence-corrected chi connectivity index (χ0v) is 21.5. The number of hydrogen-bond donors (Lipinski definition) is 2. The highest BCUT2D eigenvalue weighted by atomic mass is 19.1. The van der Waals surface area contributed by atoms with Crippen LogP contribution in [0.2, 0.25) is 0 Å². The van der Waals surface area contributed by atoms with Crippen LogP contribution in [0, 0.1) is 5.82 Å². The summed E-state index contributed by atoms with van der Waals surface area (Å²) in [7, 11) is 1.71. The van der Waals surface area contributed by atoms with Gasteiger partial charge in [-0.05, 0) is 30.3 Å². The molecule has 0 saturated carbocycles. The van der Waals surface area contributed by atoms with Crippen molar-refractivity contribution >= 4 is 28.3 Å². The van der Waals surface area contributed by atoms with Crippen molar-refractivity contribution in [1.82, 2.24) is 28.6 Å². The van der Waals surface area contributed by atoms with E-state index in [0.717, 1.165) is 0 Å². The summed E-state index contributed by atoms with van der Waals surface area (Å²) >= 11 is 0. The van der Waals surface area contributed by atoms with Gasteiger partial charge in [-0.2, -0.15) is 14.6 Å². The number of fused-ring (bicyclic) bond motifs is 3. The maximum absolute atomic E-state index is 14.5. The molecule has 0 aliphatic carbocycles. The second-order valence-corrected chi connectivity index (χ2v) is 9.45. The van der Waals surface area contributed by atoms with Crippen LogP contribution in [0.5, 0.6) is 5.75 Å². The fourth-order valence-corrected chi connectivity index (χ4v) is 5.11. The lowest BCUT2D eigenvalue weighted by Gasteiger charge is -2.36. The van der Waals surface area contributed by atoms with Crippen molar-refractivity contribution in [3.63, 3.8) is 0 Å². The molecule has 0 bridgehead atoms. The molecule has 0 spiro atoms. The van der Waals surface area contributed by atoms with E-state index in [1.54, 1.807) is 40.6 Å². The molecule has 204 valence electrons. The number of imidazole rings is 1. The summed E-state index contributed by atoms with van der Waals surface area (Å²) in [5, 5.41) is 13.5. The molecule has 12 nitrogen and oxygen atoms in total. The van der Waals surface area contributed by atoms with Gasteiger partial charge in [-0.1, -0.05) is 0 Å². The lowest BCUT2D eigenvalue weighted by atomic mass is 10.2. The van der Waals surface area contributed by atoms with Gasteiger partial charge in [-0.25, -0.2) is 9.18 Å². The summed E-state index contributed by atoms with van der Waals surface area (Å²) in [5.74, 6) is 0.982. The second-order valence-electron chi connectivity index (χ2n) is 9.45. The molecule has 1 saturated heterocycles. The summed E-state index contributed by atoms with van der Waals surface area (Å²) in [4.78, 5) is 22.0. The number of hydrogen-bond acceptors (Lipinski definition) is 9. The maximum atomic E-state index is 14.5. The summed E-state index contributed by atoms with van der Waals surface area (Å²) in [6, 6.07) is 10.0. The van der Waals surface area contributed by atoms with Gasteiger partial charge < -0.3 is 24.9 Å². The van der Waals surface area contributed by atoms with Crippen molar-refractivity contribution in [2.75, 3.05) is 56.6 Å². The minimum Gasteiger partial charge on any atom is -0.491 e. The van der Waals surface area contributed by atoms with E-state index < -0.39 is 0 Å². The van der Waals surface area contributed by atoms with Gasteiger partial charge >= 0.3 is 5.69 Å². The van der Waals surface area contributed by atoms with Gasteiger partial charge in [-0.3, -0.25) is 14.0 Å². The van der Waals surface area contributed by atoms with Crippen molar-refractivity contribution in [2.24, 2.45) is 7.05 Å². The normalized spacial score (nSPS) is 14.6. The summed E-state index contributed by atoms with van der Waals surface area (Å²) < 4.78 is 30.2. The number of aromatic nitrogens is 5. The minimum absolute atomic E-state index is 0.105. The van der Waals surface area contributed by atoms with Crippen molar-refractivity contribution < 1.29 is 18.7 Å². The first-order valence-corrected chi connectivity index (χ1v) is 12.7. The molecule has 1 aromatic carbocycles. The van der Waals surface area contributed by atoms with Crippen molar-refractivity contribution in [3.8, 4) is 17.2 Å². The Morgan fingerprint density at radius 3 is 2.72 bits per heavy atom. The number of furan rings is 1. The fraction of sp³-hybridized carbons (Fsp3) is 0.346. The first kappa shape index (κ1) is 24.9. The largest absolute Gasteiger partial charge is 0.491 e. The summed E-state index contributed by atoms with van der Waals surface area (Å²) in [6.07, 6.45) is 1.57. The van der Waals surface area contributed by atoms with Crippen LogP contribution in [0.4, 0.5) is 16.0 Å². The first-order valence-electron chi connectivity index (χ1n) is 12.7. The number of piperazine rings is 1. The van der Waals surface area contributed by atoms with Crippen molar-refractivity contribution in [2.45, 2.75) is 6.54 Å². The molecule has 0 atom stereocenters. The Morgan fingerprint density at radius 2 is 1.97 bits per heavy atom. The molecule has 4 aromatic heterocycles. The van der Waals surface area contributed by atoms with Gasteiger partial charge in [0.1, 0.15) is 29.4 Å². The monoisotopic (exact) mass is 536 g/mol. The predicted octanol–water partition coefficient (Wildman–Crippen LogP) is 1.56. The molecule has 0 unspecified atom stereocenters. The van der Waals surface area contributed by atoms with Gasteiger partial charge in [0.25, 0.3) is 0 Å². The SMILES string of the molecule is Cn1c(=O)n(CCN2CCN(c3cc(OCCO)ccc3F)CC2)c2nc(N)n3nc(-c4ccco4)cc3c21. The number of anilines is 2. The maximum Gasteiger partial charge on any atom is 0.330 e. The molecule has 6 rings (SSSR count). The average Bonchev–Trinajstić information content (AvgIpc) is 3.68. The molecule has 1 aliphatic heterocycles. The van der Waals surface area contributed by atoms with Gasteiger partial charge in [0.2, 0.25) is 5.95 Å². The van der Waals surface area contributed by atoms with E-state index in [4.69, 9.17) is 20.0 Å². The van der Waals surface area contributed by atoms with Gasteiger partial charge in [-0.15, -0.1) is 0 Å². The standard InChI is InChI=1S/C26H29FN8O4/c1-31-23-21-16-19(22-3-2-13-39-22)30-35(21)25(28)29-24(23)34(26(31)37)11-8-32-6-9-33(10-7-32)20-15-17(38-14-12-36)4-5-18(20)27/h2-5,13,15-16,36H,6-12,14H2,1H3,(H2,28,29). The number of aliphatic hydroxyl groups is 1. The van der Waals surface area contributed by atoms with Crippen LogP contribution in [-0.4, -0.2) is 79.7 Å². The summed E-state index contributed by atoms with van der Waals surface area (Å²) in [5.41, 5.74) is 8.94. The van der Waals surface area contributed by atoms with Crippen molar-refractivity contribution in [3.05, 3.63) is 59.0 Å². The van der Waals surface area contributed by atoms with E-state index in [-0.39, 0.29) is 30.7 Å². The van der Waals surface area contributed by atoms with E-state index in [9.17, 15) is 9.18 Å². The quantitative estimate of drug-likeness (QED) is 0.303. The third-order valence-corrected chi connectivity index (χ3v) is 7.11. The van der Waals surface area contributed by atoms with Gasteiger partial charge in [0.15, 0.2) is 11.4 Å². The molecule has 3 N–H and O–H groups in total. The second kappa shape index (κ2) is 10.1. The number of nitrogens with two attached hydrogens (primary N) is 1. The van der Waals surface area contributed by atoms with Gasteiger partial charge in [0, 0.05) is 52.4 Å². The molecule has 39 heavy (non-hydrogen) atoms. The number of ether oxygens (including phenoxy) is 1. The molecule has 1 aliphatic rings. The first-order chi connectivity index (χ1) is 18.9. The third kappa shape index (κ3) is 4.49. The molecule has 0 radical (unpaired) electrons. The molecule has 5 heterocycles. The van der Waals surface area contributed by atoms with E-state index in [1.807, 2.05) is 17.0 Å². The Morgan fingerprint density at radius 1 is 1.15 bits per heavy atom. The van der Waals surface area contributed by atoms with E-state index in [0.29, 0.717) is 78.8 Å². The highest BCUT2D eigenvalue weighted by Gasteiger charge is 2.23. The molecule has 0 amide bonds. The van der Waals surface area contributed by atoms with Crippen LogP contribution in [-0.2, 0) is 13.6 Å². The number of halogens is 1. The number of benzene rings is 1. The fourth-order valence-electron chi connectivity index (χ4n) is 5.11. The topological polar surface area (TPSA) is 132 Å². The van der Waals surface area contributed by atoms with Gasteiger partial charge in [0.05, 0.1) is 24.1 Å².